The fourth-order valence-corrected chi connectivity index (χ4v) is 3.95. The lowest BCUT2D eigenvalue weighted by Crippen LogP contribution is -2.26. The van der Waals surface area contributed by atoms with Gasteiger partial charge in [-0.05, 0) is 42.8 Å². The number of carbonyl (C=O) groups is 2. The number of rotatable bonds is 9. The van der Waals surface area contributed by atoms with E-state index in [0.717, 1.165) is 0 Å². The minimum Gasteiger partial charge on any atom is -0.352 e. The van der Waals surface area contributed by atoms with Gasteiger partial charge in [0, 0.05) is 30.6 Å². The van der Waals surface area contributed by atoms with E-state index in [1.165, 1.54) is 23.9 Å². The molecule has 0 bridgehead atoms. The molecule has 10 heteroatoms. The first-order valence-electron chi connectivity index (χ1n) is 10.0. The maximum atomic E-state index is 13.8. The van der Waals surface area contributed by atoms with Gasteiger partial charge >= 0.3 is 0 Å². The van der Waals surface area contributed by atoms with Crippen molar-refractivity contribution in [2.24, 2.45) is 7.05 Å². The summed E-state index contributed by atoms with van der Waals surface area (Å²) >= 11 is 7.10. The van der Waals surface area contributed by atoms with Gasteiger partial charge in [-0.15, -0.1) is 10.2 Å². The van der Waals surface area contributed by atoms with Crippen LogP contribution >= 0.6 is 23.4 Å². The number of nitrogens with zero attached hydrogens (tertiary/aromatic N) is 3. The highest BCUT2D eigenvalue weighted by Gasteiger charge is 2.22. The van der Waals surface area contributed by atoms with Crippen LogP contribution < -0.4 is 10.6 Å². The standard InChI is InChI=1S/C22H23ClFN5O2S/c1-3-18(21(31)26-17-7-5-4-6-16(17)24)32-22-28-27-19(29(22)2)12-13-25-20(30)14-8-10-15(23)11-9-14/h4-11,18H,3,12-13H2,1-2H3,(H,25,30)(H,26,31)/t18-/m0/s1. The molecule has 1 aromatic heterocycles. The first-order valence-corrected chi connectivity index (χ1v) is 11.3. The molecule has 0 fully saturated rings. The summed E-state index contributed by atoms with van der Waals surface area (Å²) in [5, 5.41) is 14.5. The molecule has 168 valence electrons. The van der Waals surface area contributed by atoms with Crippen molar-refractivity contribution in [2.75, 3.05) is 11.9 Å². The summed E-state index contributed by atoms with van der Waals surface area (Å²) in [5.74, 6) is -0.313. The fourth-order valence-electron chi connectivity index (χ4n) is 2.88. The lowest BCUT2D eigenvalue weighted by Gasteiger charge is -2.14. The molecule has 2 N–H and O–H groups in total. The Labute approximate surface area is 194 Å². The summed E-state index contributed by atoms with van der Waals surface area (Å²) in [6.45, 7) is 2.26. The molecule has 0 aliphatic carbocycles. The van der Waals surface area contributed by atoms with Crippen LogP contribution in [0, 0.1) is 5.82 Å². The number of thioether (sulfide) groups is 1. The normalized spacial score (nSPS) is 11.8. The van der Waals surface area contributed by atoms with E-state index in [1.807, 2.05) is 6.92 Å². The molecule has 3 aromatic rings. The third-order valence-electron chi connectivity index (χ3n) is 4.71. The third kappa shape index (κ3) is 6.08. The Kier molecular flexibility index (Phi) is 8.24. The van der Waals surface area contributed by atoms with E-state index in [-0.39, 0.29) is 17.5 Å². The average Bonchev–Trinajstić information content (AvgIpc) is 3.13. The van der Waals surface area contributed by atoms with Crippen molar-refractivity contribution in [3.63, 3.8) is 0 Å². The van der Waals surface area contributed by atoms with E-state index in [1.54, 1.807) is 48.0 Å². The summed E-state index contributed by atoms with van der Waals surface area (Å²) in [6.07, 6.45) is 1.01. The van der Waals surface area contributed by atoms with Crippen LogP contribution in [0.3, 0.4) is 0 Å². The molecule has 0 saturated heterocycles. The number of amides is 2. The van der Waals surface area contributed by atoms with Crippen LogP contribution in [-0.2, 0) is 18.3 Å². The van der Waals surface area contributed by atoms with Crippen LogP contribution in [0.4, 0.5) is 10.1 Å². The minimum absolute atomic E-state index is 0.145. The van der Waals surface area contributed by atoms with Gasteiger partial charge in [0.1, 0.15) is 11.6 Å². The molecular formula is C22H23ClFN5O2S. The van der Waals surface area contributed by atoms with E-state index >= 15 is 0 Å². The van der Waals surface area contributed by atoms with Crippen molar-refractivity contribution >= 4 is 40.9 Å². The van der Waals surface area contributed by atoms with Gasteiger partial charge < -0.3 is 15.2 Å². The Hall–Kier alpha value is -2.91. The molecule has 0 unspecified atom stereocenters. The summed E-state index contributed by atoms with van der Waals surface area (Å²) in [6, 6.07) is 12.7. The summed E-state index contributed by atoms with van der Waals surface area (Å²) < 4.78 is 15.6. The maximum absolute atomic E-state index is 13.8. The first-order chi connectivity index (χ1) is 15.4. The van der Waals surface area contributed by atoms with Crippen LogP contribution in [0.2, 0.25) is 5.02 Å². The lowest BCUT2D eigenvalue weighted by molar-refractivity contribution is -0.115. The summed E-state index contributed by atoms with van der Waals surface area (Å²) in [4.78, 5) is 24.8. The number of halogens is 2. The third-order valence-corrected chi connectivity index (χ3v) is 6.36. The number of hydrogen-bond acceptors (Lipinski definition) is 5. The topological polar surface area (TPSA) is 88.9 Å². The van der Waals surface area contributed by atoms with Gasteiger partial charge in [-0.3, -0.25) is 9.59 Å². The minimum atomic E-state index is -0.484. The molecule has 0 saturated carbocycles. The molecule has 32 heavy (non-hydrogen) atoms. The number of nitrogens with one attached hydrogen (secondary N) is 2. The monoisotopic (exact) mass is 475 g/mol. The largest absolute Gasteiger partial charge is 0.352 e. The molecule has 0 aliphatic rings. The Morgan fingerprint density at radius 3 is 2.56 bits per heavy atom. The predicted octanol–water partition coefficient (Wildman–Crippen LogP) is 4.09. The zero-order chi connectivity index (χ0) is 23.1. The van der Waals surface area contributed by atoms with Gasteiger partial charge in [-0.2, -0.15) is 0 Å². The van der Waals surface area contributed by atoms with Crippen molar-refractivity contribution in [3.05, 3.63) is 70.8 Å². The molecule has 7 nitrogen and oxygen atoms in total. The zero-order valence-electron chi connectivity index (χ0n) is 17.6. The number of benzene rings is 2. The highest BCUT2D eigenvalue weighted by atomic mass is 35.5. The Morgan fingerprint density at radius 2 is 1.88 bits per heavy atom. The van der Waals surface area contributed by atoms with Gasteiger partial charge in [-0.25, -0.2) is 4.39 Å². The quantitative estimate of drug-likeness (QED) is 0.455. The Morgan fingerprint density at radius 1 is 1.16 bits per heavy atom. The molecule has 1 heterocycles. The molecular weight excluding hydrogens is 453 g/mol. The van der Waals surface area contributed by atoms with Gasteiger partial charge in [0.05, 0.1) is 10.9 Å². The van der Waals surface area contributed by atoms with Gasteiger partial charge in [0.15, 0.2) is 5.16 Å². The van der Waals surface area contributed by atoms with Crippen molar-refractivity contribution in [3.8, 4) is 0 Å². The van der Waals surface area contributed by atoms with E-state index < -0.39 is 11.1 Å². The summed E-state index contributed by atoms with van der Waals surface area (Å²) in [7, 11) is 1.81. The Bertz CT molecular complexity index is 1090. The zero-order valence-corrected chi connectivity index (χ0v) is 19.2. The molecule has 0 spiro atoms. The van der Waals surface area contributed by atoms with Gasteiger partial charge in [-0.1, -0.05) is 42.4 Å². The van der Waals surface area contributed by atoms with E-state index in [2.05, 4.69) is 20.8 Å². The fraction of sp³-hybridized carbons (Fsp3) is 0.273. The smallest absolute Gasteiger partial charge is 0.251 e. The van der Waals surface area contributed by atoms with E-state index in [9.17, 15) is 14.0 Å². The van der Waals surface area contributed by atoms with Crippen molar-refractivity contribution in [2.45, 2.75) is 30.2 Å². The molecule has 2 aromatic carbocycles. The van der Waals surface area contributed by atoms with Crippen molar-refractivity contribution in [1.82, 2.24) is 20.1 Å². The number of aromatic nitrogens is 3. The molecule has 2 amide bonds. The van der Waals surface area contributed by atoms with Crippen LogP contribution in [-0.4, -0.2) is 38.4 Å². The van der Waals surface area contributed by atoms with Gasteiger partial charge in [0.2, 0.25) is 5.91 Å². The van der Waals surface area contributed by atoms with Crippen LogP contribution in [0.15, 0.2) is 53.7 Å². The van der Waals surface area contributed by atoms with Crippen LogP contribution in [0.25, 0.3) is 0 Å². The lowest BCUT2D eigenvalue weighted by atomic mass is 10.2. The Balaban J connectivity index is 1.56. The second-order valence-electron chi connectivity index (χ2n) is 6.95. The molecule has 0 radical (unpaired) electrons. The maximum Gasteiger partial charge on any atom is 0.251 e. The second-order valence-corrected chi connectivity index (χ2v) is 8.56. The molecule has 0 aliphatic heterocycles. The average molecular weight is 476 g/mol. The number of anilines is 1. The summed E-state index contributed by atoms with van der Waals surface area (Å²) in [5.41, 5.74) is 0.668. The predicted molar refractivity (Wildman–Crippen MR) is 123 cm³/mol. The highest BCUT2D eigenvalue weighted by molar-refractivity contribution is 8.00. The van der Waals surface area contributed by atoms with Crippen LogP contribution in [0.5, 0.6) is 0 Å². The molecule has 1 atom stereocenters. The first kappa shape index (κ1) is 23.7. The second kappa shape index (κ2) is 11.1. The number of carbonyl (C=O) groups excluding carboxylic acids is 2. The molecule has 3 rings (SSSR count). The van der Waals surface area contributed by atoms with E-state index in [0.29, 0.717) is 41.0 Å². The van der Waals surface area contributed by atoms with Crippen molar-refractivity contribution in [1.29, 1.82) is 0 Å². The number of hydrogen-bond donors (Lipinski definition) is 2. The van der Waals surface area contributed by atoms with E-state index in [4.69, 9.17) is 11.6 Å². The highest BCUT2D eigenvalue weighted by Crippen LogP contribution is 2.25. The SMILES string of the molecule is CC[C@H](Sc1nnc(CCNC(=O)c2ccc(Cl)cc2)n1C)C(=O)Nc1ccccc1F. The van der Waals surface area contributed by atoms with Crippen molar-refractivity contribution < 1.29 is 14.0 Å². The number of para-hydroxylation sites is 1. The van der Waals surface area contributed by atoms with Gasteiger partial charge in [0.25, 0.3) is 5.91 Å². The van der Waals surface area contributed by atoms with Crippen LogP contribution in [0.1, 0.15) is 29.5 Å².